The fourth-order valence-corrected chi connectivity index (χ4v) is 1.10. The first-order valence-corrected chi connectivity index (χ1v) is 4.30. The molecule has 0 amide bonds. The second-order valence-electron chi connectivity index (χ2n) is 2.23. The molecule has 2 nitrogen and oxygen atoms in total. The van der Waals surface area contributed by atoms with Gasteiger partial charge in [0.1, 0.15) is 6.10 Å². The number of halogens is 3. The monoisotopic (exact) mass is 225 g/mol. The molecule has 1 heterocycles. The van der Waals surface area contributed by atoms with Gasteiger partial charge in [-0.3, -0.25) is 4.98 Å². The van der Waals surface area contributed by atoms with Gasteiger partial charge in [0.25, 0.3) is 0 Å². The number of pyridine rings is 1. The summed E-state index contributed by atoms with van der Waals surface area (Å²) in [5.41, 5.74) is 0.484. The van der Waals surface area contributed by atoms with Crippen LogP contribution in [-0.2, 0) is 0 Å². The SMILES string of the molecule is OC(c1cccnc1)C(Cl)(Cl)Cl. The summed E-state index contributed by atoms with van der Waals surface area (Å²) in [4.78, 5) is 3.78. The highest BCUT2D eigenvalue weighted by Crippen LogP contribution is 2.39. The Labute approximate surface area is 85.1 Å². The predicted octanol–water partition coefficient (Wildman–Crippen LogP) is 2.49. The van der Waals surface area contributed by atoms with Crippen LogP contribution in [0.2, 0.25) is 0 Å². The van der Waals surface area contributed by atoms with Crippen molar-refractivity contribution in [3.8, 4) is 0 Å². The Kier molecular flexibility index (Phi) is 3.18. The number of hydrogen-bond acceptors (Lipinski definition) is 2. The van der Waals surface area contributed by atoms with Crippen molar-refractivity contribution in [2.45, 2.75) is 9.90 Å². The van der Waals surface area contributed by atoms with E-state index in [0.29, 0.717) is 5.56 Å². The number of aliphatic hydroxyl groups excluding tert-OH is 1. The van der Waals surface area contributed by atoms with Crippen LogP contribution in [0.3, 0.4) is 0 Å². The lowest BCUT2D eigenvalue weighted by molar-refractivity contribution is 0.182. The third kappa shape index (κ3) is 2.49. The van der Waals surface area contributed by atoms with Gasteiger partial charge in [-0.05, 0) is 6.07 Å². The minimum absolute atomic E-state index is 0.484. The van der Waals surface area contributed by atoms with E-state index in [-0.39, 0.29) is 0 Å². The smallest absolute Gasteiger partial charge is 0.220 e. The lowest BCUT2D eigenvalue weighted by Gasteiger charge is -2.18. The molecule has 1 unspecified atom stereocenters. The Morgan fingerprint density at radius 2 is 2.08 bits per heavy atom. The van der Waals surface area contributed by atoms with Crippen LogP contribution in [0, 0.1) is 0 Å². The van der Waals surface area contributed by atoms with E-state index in [0.717, 1.165) is 0 Å². The Morgan fingerprint density at radius 3 is 2.50 bits per heavy atom. The summed E-state index contributed by atoms with van der Waals surface area (Å²) < 4.78 is -1.71. The standard InChI is InChI=1S/C7H6Cl3NO/c8-7(9,10)6(12)5-2-1-3-11-4-5/h1-4,6,12H. The lowest BCUT2D eigenvalue weighted by Crippen LogP contribution is -2.16. The van der Waals surface area contributed by atoms with Crippen molar-refractivity contribution >= 4 is 34.8 Å². The number of rotatable bonds is 1. The van der Waals surface area contributed by atoms with Gasteiger partial charge in [-0.25, -0.2) is 0 Å². The molecule has 0 spiro atoms. The molecule has 0 bridgehead atoms. The molecule has 0 aliphatic heterocycles. The van der Waals surface area contributed by atoms with Gasteiger partial charge in [0.05, 0.1) is 0 Å². The maximum atomic E-state index is 9.42. The number of aromatic nitrogens is 1. The maximum Gasteiger partial charge on any atom is 0.220 e. The molecule has 1 N–H and O–H groups in total. The second-order valence-corrected chi connectivity index (χ2v) is 4.60. The average molecular weight is 226 g/mol. The molecule has 0 aliphatic rings. The Balaban J connectivity index is 2.86. The highest BCUT2D eigenvalue weighted by molar-refractivity contribution is 6.67. The molecule has 0 radical (unpaired) electrons. The fraction of sp³-hybridized carbons (Fsp3) is 0.286. The van der Waals surface area contributed by atoms with Crippen molar-refractivity contribution in [3.63, 3.8) is 0 Å². The first kappa shape index (κ1) is 10.1. The molecule has 66 valence electrons. The Morgan fingerprint density at radius 1 is 1.42 bits per heavy atom. The van der Waals surface area contributed by atoms with E-state index in [1.807, 2.05) is 0 Å². The number of alkyl halides is 3. The van der Waals surface area contributed by atoms with Crippen LogP contribution >= 0.6 is 34.8 Å². The van der Waals surface area contributed by atoms with Crippen molar-refractivity contribution in [1.82, 2.24) is 4.98 Å². The van der Waals surface area contributed by atoms with Crippen LogP contribution in [0.25, 0.3) is 0 Å². The van der Waals surface area contributed by atoms with Gasteiger partial charge < -0.3 is 5.11 Å². The summed E-state index contributed by atoms with van der Waals surface area (Å²) in [6, 6.07) is 3.30. The van der Waals surface area contributed by atoms with Crippen molar-refractivity contribution in [3.05, 3.63) is 30.1 Å². The van der Waals surface area contributed by atoms with Crippen LogP contribution in [0.4, 0.5) is 0 Å². The van der Waals surface area contributed by atoms with Gasteiger partial charge in [0.15, 0.2) is 0 Å². The summed E-state index contributed by atoms with van der Waals surface area (Å²) >= 11 is 16.4. The predicted molar refractivity (Wildman–Crippen MR) is 49.5 cm³/mol. The summed E-state index contributed by atoms with van der Waals surface area (Å²) in [5, 5.41) is 9.42. The third-order valence-electron chi connectivity index (χ3n) is 1.31. The molecule has 0 saturated carbocycles. The summed E-state index contributed by atoms with van der Waals surface area (Å²) in [6.45, 7) is 0. The highest BCUT2D eigenvalue weighted by Gasteiger charge is 2.31. The van der Waals surface area contributed by atoms with Gasteiger partial charge in [-0.15, -0.1) is 0 Å². The molecule has 1 aromatic rings. The molecule has 0 fully saturated rings. The van der Waals surface area contributed by atoms with Crippen LogP contribution in [0.15, 0.2) is 24.5 Å². The van der Waals surface area contributed by atoms with E-state index in [9.17, 15) is 5.11 Å². The molecule has 5 heteroatoms. The zero-order chi connectivity index (χ0) is 9.19. The van der Waals surface area contributed by atoms with E-state index < -0.39 is 9.90 Å². The third-order valence-corrected chi connectivity index (χ3v) is 1.93. The lowest BCUT2D eigenvalue weighted by atomic mass is 10.2. The quantitative estimate of drug-likeness (QED) is 0.746. The van der Waals surface area contributed by atoms with E-state index in [4.69, 9.17) is 34.8 Å². The molecule has 0 aliphatic carbocycles. The minimum Gasteiger partial charge on any atom is -0.384 e. The highest BCUT2D eigenvalue weighted by atomic mass is 35.6. The number of hydrogen-bond donors (Lipinski definition) is 1. The molecule has 1 atom stereocenters. The van der Waals surface area contributed by atoms with Crippen LogP contribution < -0.4 is 0 Å². The average Bonchev–Trinajstić information content (AvgIpc) is 2.03. The van der Waals surface area contributed by atoms with Gasteiger partial charge in [0, 0.05) is 18.0 Å². The van der Waals surface area contributed by atoms with E-state index in [1.54, 1.807) is 18.3 Å². The summed E-state index contributed by atoms with van der Waals surface area (Å²) in [7, 11) is 0. The van der Waals surface area contributed by atoms with Crippen LogP contribution in [0.1, 0.15) is 11.7 Å². The molecule has 0 saturated heterocycles. The van der Waals surface area contributed by atoms with Crippen molar-refractivity contribution in [1.29, 1.82) is 0 Å². The minimum atomic E-state index is -1.71. The van der Waals surface area contributed by atoms with E-state index >= 15 is 0 Å². The second kappa shape index (κ2) is 3.79. The zero-order valence-corrected chi connectivity index (χ0v) is 8.18. The van der Waals surface area contributed by atoms with Gasteiger partial charge in [0.2, 0.25) is 3.79 Å². The summed E-state index contributed by atoms with van der Waals surface area (Å²) in [6.07, 6.45) is 1.89. The summed E-state index contributed by atoms with van der Waals surface area (Å²) in [5.74, 6) is 0. The molecule has 0 aromatic carbocycles. The molecule has 1 aromatic heterocycles. The first-order valence-electron chi connectivity index (χ1n) is 3.16. The van der Waals surface area contributed by atoms with Crippen LogP contribution in [0.5, 0.6) is 0 Å². The number of aliphatic hydroxyl groups is 1. The molecule has 1 rings (SSSR count). The van der Waals surface area contributed by atoms with Gasteiger partial charge in [-0.1, -0.05) is 40.9 Å². The topological polar surface area (TPSA) is 33.1 Å². The van der Waals surface area contributed by atoms with Crippen molar-refractivity contribution in [2.75, 3.05) is 0 Å². The largest absolute Gasteiger partial charge is 0.384 e. The Hall–Kier alpha value is -0.0200. The van der Waals surface area contributed by atoms with Crippen molar-refractivity contribution in [2.24, 2.45) is 0 Å². The number of nitrogens with zero attached hydrogens (tertiary/aromatic N) is 1. The van der Waals surface area contributed by atoms with Crippen molar-refractivity contribution < 1.29 is 5.11 Å². The van der Waals surface area contributed by atoms with E-state index in [2.05, 4.69) is 4.98 Å². The van der Waals surface area contributed by atoms with Gasteiger partial charge >= 0.3 is 0 Å². The van der Waals surface area contributed by atoms with Crippen LogP contribution in [-0.4, -0.2) is 13.9 Å². The fourth-order valence-electron chi connectivity index (χ4n) is 0.727. The van der Waals surface area contributed by atoms with E-state index in [1.165, 1.54) is 6.20 Å². The normalized spacial score (nSPS) is 14.3. The first-order chi connectivity index (χ1) is 5.52. The van der Waals surface area contributed by atoms with Gasteiger partial charge in [-0.2, -0.15) is 0 Å². The zero-order valence-electron chi connectivity index (χ0n) is 5.92. The molecular formula is C7H6Cl3NO. The Bertz CT molecular complexity index is 247. The maximum absolute atomic E-state index is 9.42. The molecular weight excluding hydrogens is 220 g/mol. The molecule has 12 heavy (non-hydrogen) atoms.